The van der Waals surface area contributed by atoms with Crippen molar-refractivity contribution >= 4 is 17.5 Å². The summed E-state index contributed by atoms with van der Waals surface area (Å²) in [4.78, 5) is 23.7. The van der Waals surface area contributed by atoms with Crippen LogP contribution in [0.4, 0.5) is 5.69 Å². The lowest BCUT2D eigenvalue weighted by Gasteiger charge is -2.20. The zero-order valence-electron chi connectivity index (χ0n) is 11.3. The van der Waals surface area contributed by atoms with Crippen LogP contribution in [-0.4, -0.2) is 27.2 Å². The van der Waals surface area contributed by atoms with Gasteiger partial charge in [0.2, 0.25) is 5.91 Å². The molecule has 0 fully saturated rings. The molecule has 1 unspecified atom stereocenters. The van der Waals surface area contributed by atoms with Crippen LogP contribution in [0.5, 0.6) is 0 Å². The van der Waals surface area contributed by atoms with Crippen LogP contribution in [0.25, 0.3) is 0 Å². The van der Waals surface area contributed by atoms with Crippen LogP contribution in [0.2, 0.25) is 0 Å². The van der Waals surface area contributed by atoms with E-state index in [1.54, 1.807) is 24.3 Å². The molecular weight excluding hydrogens is 270 g/mol. The summed E-state index contributed by atoms with van der Waals surface area (Å²) in [5.74, 6) is -0.866. The molecule has 7 nitrogen and oxygen atoms in total. The number of nitrogens with zero attached hydrogens (tertiary/aromatic N) is 2. The van der Waals surface area contributed by atoms with E-state index in [0.29, 0.717) is 24.1 Å². The molecule has 3 rings (SSSR count). The van der Waals surface area contributed by atoms with Gasteiger partial charge in [-0.05, 0) is 25.0 Å². The first-order valence-corrected chi connectivity index (χ1v) is 6.73. The molecule has 108 valence electrons. The molecule has 0 aliphatic heterocycles. The van der Waals surface area contributed by atoms with Gasteiger partial charge >= 0.3 is 0 Å². The standard InChI is InChI=1S/C14H15N5O2/c15-13(20)9-3-1-2-4-10(9)16-14(21)8-5-6-11-12(7-8)18-19-17-11/h1-4,8H,5-7H2,(H2,15,20)(H,16,21)(H,17,18,19). The molecule has 0 saturated heterocycles. The SMILES string of the molecule is NC(=O)c1ccccc1NC(=O)C1CCc2n[nH]nc2C1. The van der Waals surface area contributed by atoms with E-state index in [9.17, 15) is 9.59 Å². The number of carbonyl (C=O) groups is 2. The lowest BCUT2D eigenvalue weighted by molar-refractivity contribution is -0.120. The number of aryl methyl sites for hydroxylation is 1. The number of nitrogens with two attached hydrogens (primary N) is 1. The summed E-state index contributed by atoms with van der Waals surface area (Å²) in [7, 11) is 0. The van der Waals surface area contributed by atoms with Crippen LogP contribution >= 0.6 is 0 Å². The Labute approximate surface area is 120 Å². The van der Waals surface area contributed by atoms with Gasteiger partial charge in [-0.15, -0.1) is 0 Å². The molecule has 2 amide bonds. The number of nitrogens with one attached hydrogen (secondary N) is 2. The molecule has 2 aromatic rings. The highest BCUT2D eigenvalue weighted by atomic mass is 16.2. The summed E-state index contributed by atoms with van der Waals surface area (Å²) in [5.41, 5.74) is 7.82. The van der Waals surface area contributed by atoms with Crippen molar-refractivity contribution in [3.05, 3.63) is 41.2 Å². The number of para-hydroxylation sites is 1. The monoisotopic (exact) mass is 285 g/mol. The molecule has 0 saturated carbocycles. The van der Waals surface area contributed by atoms with Crippen molar-refractivity contribution in [3.63, 3.8) is 0 Å². The van der Waals surface area contributed by atoms with E-state index in [1.165, 1.54) is 0 Å². The van der Waals surface area contributed by atoms with Crippen molar-refractivity contribution in [1.29, 1.82) is 0 Å². The Kier molecular flexibility index (Phi) is 3.39. The van der Waals surface area contributed by atoms with Gasteiger partial charge in [0.1, 0.15) is 0 Å². The second-order valence-corrected chi connectivity index (χ2v) is 5.06. The maximum atomic E-state index is 12.4. The van der Waals surface area contributed by atoms with Gasteiger partial charge in [0.25, 0.3) is 5.91 Å². The van der Waals surface area contributed by atoms with Crippen LogP contribution in [0.1, 0.15) is 28.2 Å². The number of primary amides is 1. The molecule has 1 atom stereocenters. The average Bonchev–Trinajstić information content (AvgIpc) is 2.94. The van der Waals surface area contributed by atoms with E-state index in [2.05, 4.69) is 20.7 Å². The smallest absolute Gasteiger partial charge is 0.250 e. The Morgan fingerprint density at radius 1 is 1.24 bits per heavy atom. The fourth-order valence-electron chi connectivity index (χ4n) is 2.55. The lowest BCUT2D eigenvalue weighted by Crippen LogP contribution is -2.29. The number of rotatable bonds is 3. The fraction of sp³-hybridized carbons (Fsp3) is 0.286. The van der Waals surface area contributed by atoms with Crippen molar-refractivity contribution in [3.8, 4) is 0 Å². The number of hydrogen-bond donors (Lipinski definition) is 3. The number of benzene rings is 1. The largest absolute Gasteiger partial charge is 0.366 e. The first kappa shape index (κ1) is 13.3. The van der Waals surface area contributed by atoms with Gasteiger partial charge in [-0.3, -0.25) is 9.59 Å². The number of aromatic amines is 1. The summed E-state index contributed by atoms with van der Waals surface area (Å²) >= 11 is 0. The second kappa shape index (κ2) is 5.35. The molecule has 7 heteroatoms. The Bertz CT molecular complexity index is 694. The molecule has 0 bridgehead atoms. The predicted molar refractivity (Wildman–Crippen MR) is 75.5 cm³/mol. The predicted octanol–water partition coefficient (Wildman–Crippen LogP) is 0.647. The molecular formula is C14H15N5O2. The van der Waals surface area contributed by atoms with Gasteiger partial charge < -0.3 is 11.1 Å². The van der Waals surface area contributed by atoms with Crippen LogP contribution in [0.3, 0.4) is 0 Å². The second-order valence-electron chi connectivity index (χ2n) is 5.06. The number of aromatic nitrogens is 3. The third-order valence-electron chi connectivity index (χ3n) is 3.69. The molecule has 0 spiro atoms. The third kappa shape index (κ3) is 2.62. The highest BCUT2D eigenvalue weighted by Gasteiger charge is 2.27. The maximum Gasteiger partial charge on any atom is 0.250 e. The molecule has 0 radical (unpaired) electrons. The van der Waals surface area contributed by atoms with Gasteiger partial charge in [-0.25, -0.2) is 0 Å². The summed E-state index contributed by atoms with van der Waals surface area (Å²) < 4.78 is 0. The zero-order chi connectivity index (χ0) is 14.8. The maximum absolute atomic E-state index is 12.4. The van der Waals surface area contributed by atoms with Crippen LogP contribution in [0.15, 0.2) is 24.3 Å². The first-order chi connectivity index (χ1) is 10.1. The lowest BCUT2D eigenvalue weighted by atomic mass is 9.89. The molecule has 1 aliphatic rings. The zero-order valence-corrected chi connectivity index (χ0v) is 11.3. The summed E-state index contributed by atoms with van der Waals surface area (Å²) in [6.07, 6.45) is 1.99. The van der Waals surface area contributed by atoms with Crippen molar-refractivity contribution in [2.75, 3.05) is 5.32 Å². The Hall–Kier alpha value is -2.70. The number of H-pyrrole nitrogens is 1. The van der Waals surface area contributed by atoms with E-state index < -0.39 is 5.91 Å². The van der Waals surface area contributed by atoms with Gasteiger partial charge in [0.05, 0.1) is 22.6 Å². The van der Waals surface area contributed by atoms with Crippen LogP contribution < -0.4 is 11.1 Å². The Morgan fingerprint density at radius 2 is 2.00 bits per heavy atom. The molecule has 1 aliphatic carbocycles. The topological polar surface area (TPSA) is 114 Å². The summed E-state index contributed by atoms with van der Waals surface area (Å²) in [5, 5.41) is 13.5. The number of fused-ring (bicyclic) bond motifs is 1. The van der Waals surface area contributed by atoms with E-state index in [1.807, 2.05) is 0 Å². The number of anilines is 1. The van der Waals surface area contributed by atoms with Gasteiger partial charge in [0, 0.05) is 12.3 Å². The van der Waals surface area contributed by atoms with Gasteiger partial charge in [0.15, 0.2) is 0 Å². The molecule has 4 N–H and O–H groups in total. The van der Waals surface area contributed by atoms with E-state index in [-0.39, 0.29) is 11.8 Å². The third-order valence-corrected chi connectivity index (χ3v) is 3.69. The van der Waals surface area contributed by atoms with Gasteiger partial charge in [-0.2, -0.15) is 15.4 Å². The van der Waals surface area contributed by atoms with E-state index in [4.69, 9.17) is 5.73 Å². The van der Waals surface area contributed by atoms with Crippen molar-refractivity contribution in [2.24, 2.45) is 11.7 Å². The van der Waals surface area contributed by atoms with E-state index >= 15 is 0 Å². The molecule has 21 heavy (non-hydrogen) atoms. The Balaban J connectivity index is 1.75. The molecule has 1 aromatic heterocycles. The number of hydrogen-bond acceptors (Lipinski definition) is 4. The Morgan fingerprint density at radius 3 is 2.81 bits per heavy atom. The fourth-order valence-corrected chi connectivity index (χ4v) is 2.55. The summed E-state index contributed by atoms with van der Waals surface area (Å²) in [6, 6.07) is 6.72. The van der Waals surface area contributed by atoms with Crippen molar-refractivity contribution < 1.29 is 9.59 Å². The van der Waals surface area contributed by atoms with Crippen LogP contribution in [-0.2, 0) is 17.6 Å². The minimum Gasteiger partial charge on any atom is -0.366 e. The summed E-state index contributed by atoms with van der Waals surface area (Å²) in [6.45, 7) is 0. The first-order valence-electron chi connectivity index (χ1n) is 6.73. The highest BCUT2D eigenvalue weighted by molar-refractivity contribution is 6.03. The van der Waals surface area contributed by atoms with Crippen molar-refractivity contribution in [1.82, 2.24) is 15.4 Å². The molecule has 1 aromatic carbocycles. The average molecular weight is 285 g/mol. The number of amides is 2. The van der Waals surface area contributed by atoms with Crippen LogP contribution in [0, 0.1) is 5.92 Å². The highest BCUT2D eigenvalue weighted by Crippen LogP contribution is 2.24. The minimum absolute atomic E-state index is 0.127. The number of carbonyl (C=O) groups excluding carboxylic acids is 2. The quantitative estimate of drug-likeness (QED) is 0.768. The van der Waals surface area contributed by atoms with Gasteiger partial charge in [-0.1, -0.05) is 12.1 Å². The normalized spacial score (nSPS) is 17.0. The van der Waals surface area contributed by atoms with E-state index in [0.717, 1.165) is 17.8 Å². The molecule has 1 heterocycles. The minimum atomic E-state index is -0.562. The van der Waals surface area contributed by atoms with Crippen molar-refractivity contribution in [2.45, 2.75) is 19.3 Å².